The molecular formula is C36H41ClN6O7. The number of amides is 5. The van der Waals surface area contributed by atoms with Gasteiger partial charge in [0.25, 0.3) is 17.7 Å². The Morgan fingerprint density at radius 3 is 2.12 bits per heavy atom. The first-order valence-corrected chi connectivity index (χ1v) is 16.1. The molecule has 0 spiro atoms. The zero-order chi connectivity index (χ0) is 36.8. The Hall–Kier alpha value is -5.69. The molecule has 0 heterocycles. The van der Waals surface area contributed by atoms with Crippen LogP contribution in [0.2, 0.25) is 5.02 Å². The van der Waals surface area contributed by atoms with E-state index in [-0.39, 0.29) is 29.4 Å². The van der Waals surface area contributed by atoms with E-state index in [0.717, 1.165) is 17.7 Å². The molecule has 0 saturated heterocycles. The minimum atomic E-state index is -1.40. The van der Waals surface area contributed by atoms with Crippen molar-refractivity contribution in [3.63, 3.8) is 0 Å². The maximum Gasteiger partial charge on any atom is 0.327 e. The van der Waals surface area contributed by atoms with E-state index in [1.54, 1.807) is 58.0 Å². The highest BCUT2D eigenvalue weighted by Gasteiger charge is 2.36. The first kappa shape index (κ1) is 38.8. The number of nitrogen functional groups attached to an aromatic ring is 1. The SMILES string of the molecule is CCOC(=O)CN(NC(=O)[C@@H](NC(=O)[C@@H](NC(=O)c1ccc(N)c(Cl)c1)C(C)(C)C)c1ccccc1)C(=O)/C=C/C(=O)NCc1ccccc1. The lowest BCUT2D eigenvalue weighted by molar-refractivity contribution is -0.152. The molecule has 3 aromatic rings. The van der Waals surface area contributed by atoms with E-state index < -0.39 is 59.5 Å². The number of nitrogens with one attached hydrogen (secondary N) is 4. The molecule has 50 heavy (non-hydrogen) atoms. The number of hydrazine groups is 1. The van der Waals surface area contributed by atoms with E-state index in [1.165, 1.54) is 18.2 Å². The fraction of sp³-hybridized carbons (Fsp3) is 0.278. The Morgan fingerprint density at radius 2 is 1.52 bits per heavy atom. The molecule has 3 rings (SSSR count). The molecule has 0 fully saturated rings. The number of anilines is 1. The zero-order valence-electron chi connectivity index (χ0n) is 28.2. The maximum absolute atomic E-state index is 13.8. The van der Waals surface area contributed by atoms with Gasteiger partial charge >= 0.3 is 5.97 Å². The molecule has 264 valence electrons. The second kappa shape index (κ2) is 18.2. The summed E-state index contributed by atoms with van der Waals surface area (Å²) in [4.78, 5) is 78.9. The predicted octanol–water partition coefficient (Wildman–Crippen LogP) is 3.22. The minimum absolute atomic E-state index is 0.0116. The van der Waals surface area contributed by atoms with Gasteiger partial charge in [-0.25, -0.2) is 5.01 Å². The normalized spacial score (nSPS) is 12.3. The topological polar surface area (TPSA) is 189 Å². The summed E-state index contributed by atoms with van der Waals surface area (Å²) in [5, 5.41) is 8.87. The number of esters is 1. The van der Waals surface area contributed by atoms with E-state index in [9.17, 15) is 28.8 Å². The van der Waals surface area contributed by atoms with Crippen molar-refractivity contribution in [3.05, 3.63) is 113 Å². The maximum atomic E-state index is 13.8. The van der Waals surface area contributed by atoms with Crippen molar-refractivity contribution in [1.29, 1.82) is 0 Å². The number of rotatable bonds is 13. The molecular weight excluding hydrogens is 664 g/mol. The summed E-state index contributed by atoms with van der Waals surface area (Å²) in [7, 11) is 0. The van der Waals surface area contributed by atoms with Crippen molar-refractivity contribution >= 4 is 52.8 Å². The lowest BCUT2D eigenvalue weighted by atomic mass is 9.85. The van der Waals surface area contributed by atoms with Gasteiger partial charge in [-0.2, -0.15) is 0 Å². The third-order valence-corrected chi connectivity index (χ3v) is 7.47. The van der Waals surface area contributed by atoms with E-state index >= 15 is 0 Å². The van der Waals surface area contributed by atoms with Crippen LogP contribution in [-0.4, -0.2) is 59.7 Å². The lowest BCUT2D eigenvalue weighted by Gasteiger charge is -2.32. The number of nitrogens with two attached hydrogens (primary N) is 1. The third kappa shape index (κ3) is 11.8. The average molecular weight is 705 g/mol. The van der Waals surface area contributed by atoms with Gasteiger partial charge in [-0.15, -0.1) is 0 Å². The van der Waals surface area contributed by atoms with Gasteiger partial charge < -0.3 is 26.4 Å². The molecule has 14 heteroatoms. The van der Waals surface area contributed by atoms with Crippen molar-refractivity contribution in [3.8, 4) is 0 Å². The number of halogens is 1. The van der Waals surface area contributed by atoms with Gasteiger partial charge in [0.05, 0.1) is 17.3 Å². The second-order valence-electron chi connectivity index (χ2n) is 12.1. The Kier molecular flexibility index (Phi) is 14.1. The Morgan fingerprint density at radius 1 is 0.880 bits per heavy atom. The monoisotopic (exact) mass is 704 g/mol. The van der Waals surface area contributed by atoms with Gasteiger partial charge in [-0.05, 0) is 41.7 Å². The standard InChI is InChI=1S/C36H41ClN6O7/c1-5-50-30(46)22-43(29(45)19-18-28(44)39-21-23-12-8-6-9-13-23)42-34(48)31(24-14-10-7-11-15-24)40-35(49)32(36(2,3)4)41-33(47)25-16-17-27(38)26(37)20-25/h6-20,31-32H,5,21-22,38H2,1-4H3,(H,39,44)(H,40,49)(H,41,47)(H,42,48)/b19-18+/t31-,32+/m0/s1. The minimum Gasteiger partial charge on any atom is -0.465 e. The summed E-state index contributed by atoms with van der Waals surface area (Å²) < 4.78 is 4.97. The molecule has 3 aromatic carbocycles. The molecule has 5 amide bonds. The van der Waals surface area contributed by atoms with E-state index in [2.05, 4.69) is 21.4 Å². The molecule has 0 aliphatic heterocycles. The zero-order valence-corrected chi connectivity index (χ0v) is 29.0. The fourth-order valence-corrected chi connectivity index (χ4v) is 4.70. The quantitative estimate of drug-likeness (QED) is 0.0776. The third-order valence-electron chi connectivity index (χ3n) is 7.14. The van der Waals surface area contributed by atoms with Gasteiger partial charge in [-0.1, -0.05) is 93.0 Å². The van der Waals surface area contributed by atoms with Crippen LogP contribution in [0.15, 0.2) is 91.0 Å². The highest BCUT2D eigenvalue weighted by molar-refractivity contribution is 6.33. The van der Waals surface area contributed by atoms with Crippen LogP contribution in [0.1, 0.15) is 55.2 Å². The highest BCUT2D eigenvalue weighted by atomic mass is 35.5. The summed E-state index contributed by atoms with van der Waals surface area (Å²) in [6.45, 7) is 6.29. The molecule has 0 radical (unpaired) electrons. The van der Waals surface area contributed by atoms with Crippen LogP contribution >= 0.6 is 11.6 Å². The highest BCUT2D eigenvalue weighted by Crippen LogP contribution is 2.24. The number of benzene rings is 3. The summed E-state index contributed by atoms with van der Waals surface area (Å²) in [6.07, 6.45) is 1.86. The van der Waals surface area contributed by atoms with Gasteiger partial charge in [0.2, 0.25) is 11.8 Å². The van der Waals surface area contributed by atoms with Gasteiger partial charge in [0.15, 0.2) is 0 Å². The Bertz CT molecular complexity index is 1710. The average Bonchev–Trinajstić information content (AvgIpc) is 3.08. The number of nitrogens with zero attached hydrogens (tertiary/aromatic N) is 1. The van der Waals surface area contributed by atoms with Gasteiger partial charge in [0, 0.05) is 24.3 Å². The van der Waals surface area contributed by atoms with Crippen LogP contribution in [0.3, 0.4) is 0 Å². The number of hydrogen-bond donors (Lipinski definition) is 5. The van der Waals surface area contributed by atoms with E-state index in [4.69, 9.17) is 22.1 Å². The van der Waals surface area contributed by atoms with E-state index in [0.29, 0.717) is 10.6 Å². The van der Waals surface area contributed by atoms with E-state index in [1.807, 2.05) is 30.3 Å². The van der Waals surface area contributed by atoms with Crippen LogP contribution in [0.5, 0.6) is 0 Å². The van der Waals surface area contributed by atoms with Crippen molar-refractivity contribution < 1.29 is 33.5 Å². The molecule has 0 bridgehead atoms. The van der Waals surface area contributed by atoms with Crippen LogP contribution in [0.4, 0.5) is 5.69 Å². The van der Waals surface area contributed by atoms with Crippen LogP contribution in [-0.2, 0) is 35.3 Å². The fourth-order valence-electron chi connectivity index (χ4n) is 4.52. The first-order chi connectivity index (χ1) is 23.7. The molecule has 0 saturated carbocycles. The second-order valence-corrected chi connectivity index (χ2v) is 12.5. The largest absolute Gasteiger partial charge is 0.465 e. The van der Waals surface area contributed by atoms with Crippen LogP contribution in [0, 0.1) is 5.41 Å². The first-order valence-electron chi connectivity index (χ1n) is 15.7. The Labute approximate surface area is 295 Å². The molecule has 0 unspecified atom stereocenters. The van der Waals surface area contributed by atoms with Gasteiger partial charge in [-0.3, -0.25) is 34.2 Å². The molecule has 13 nitrogen and oxygen atoms in total. The van der Waals surface area contributed by atoms with Crippen LogP contribution < -0.4 is 27.1 Å². The number of hydrogen-bond acceptors (Lipinski definition) is 8. The number of carbonyl (C=O) groups excluding carboxylic acids is 6. The predicted molar refractivity (Wildman–Crippen MR) is 188 cm³/mol. The summed E-state index contributed by atoms with van der Waals surface area (Å²) >= 11 is 6.09. The number of ether oxygens (including phenoxy) is 1. The van der Waals surface area contributed by atoms with Crippen molar-refractivity contribution in [2.75, 3.05) is 18.9 Å². The molecule has 0 aromatic heterocycles. The molecule has 6 N–H and O–H groups in total. The van der Waals surface area contributed by atoms with Crippen molar-refractivity contribution in [2.45, 2.75) is 46.3 Å². The molecule has 0 aliphatic rings. The summed E-state index contributed by atoms with van der Waals surface area (Å²) in [5.41, 5.74) is 8.93. The summed E-state index contributed by atoms with van der Waals surface area (Å²) in [5.74, 6) is -4.55. The lowest BCUT2D eigenvalue weighted by Crippen LogP contribution is -2.57. The Balaban J connectivity index is 1.83. The van der Waals surface area contributed by atoms with Crippen molar-refractivity contribution in [1.82, 2.24) is 26.4 Å². The summed E-state index contributed by atoms with van der Waals surface area (Å²) in [6, 6.07) is 19.0. The molecule has 0 aliphatic carbocycles. The smallest absolute Gasteiger partial charge is 0.327 e. The molecule has 2 atom stereocenters. The van der Waals surface area contributed by atoms with Crippen LogP contribution in [0.25, 0.3) is 0 Å². The number of carbonyl (C=O) groups is 6. The van der Waals surface area contributed by atoms with Crippen molar-refractivity contribution in [2.24, 2.45) is 5.41 Å². The van der Waals surface area contributed by atoms with Gasteiger partial charge in [0.1, 0.15) is 18.6 Å².